The Morgan fingerprint density at radius 3 is 2.91 bits per heavy atom. The van der Waals surface area contributed by atoms with E-state index in [0.29, 0.717) is 5.92 Å². The molecule has 2 saturated carbocycles. The second kappa shape index (κ2) is 5.91. The molecule has 1 aromatic carbocycles. The van der Waals surface area contributed by atoms with Gasteiger partial charge in [-0.25, -0.2) is 0 Å². The topological polar surface area (TPSA) is 47.6 Å². The lowest BCUT2D eigenvalue weighted by Crippen LogP contribution is -2.39. The maximum absolute atomic E-state index is 12.2. The van der Waals surface area contributed by atoms with Crippen molar-refractivity contribution in [3.63, 3.8) is 0 Å². The van der Waals surface area contributed by atoms with E-state index >= 15 is 0 Å². The average Bonchev–Trinajstić information content (AvgIpc) is 3.28. The molecule has 1 aromatic rings. The molecule has 0 saturated heterocycles. The van der Waals surface area contributed by atoms with Gasteiger partial charge in [-0.1, -0.05) is 12.5 Å². The monoisotopic (exact) mass is 313 g/mol. The minimum absolute atomic E-state index is 0.0158. The fourth-order valence-electron chi connectivity index (χ4n) is 4.47. The molecule has 23 heavy (non-hydrogen) atoms. The van der Waals surface area contributed by atoms with E-state index < -0.39 is 0 Å². The van der Waals surface area contributed by atoms with Crippen molar-refractivity contribution < 1.29 is 14.3 Å². The maximum Gasteiger partial charge on any atom is 0.244 e. The quantitative estimate of drug-likeness (QED) is 0.867. The number of ether oxygens (including phenoxy) is 2. The lowest BCUT2D eigenvalue weighted by atomic mass is 9.84. The number of hydrogen-bond acceptors (Lipinski definition) is 3. The predicted molar refractivity (Wildman–Crippen MR) is 88.1 cm³/mol. The van der Waals surface area contributed by atoms with Crippen LogP contribution in [0, 0.1) is 17.8 Å². The molecule has 0 spiro atoms. The number of fused-ring (bicyclic) bond motifs is 3. The summed E-state index contributed by atoms with van der Waals surface area (Å²) >= 11 is 0. The summed E-state index contributed by atoms with van der Waals surface area (Å²) in [4.78, 5) is 12.2. The molecule has 4 nitrogen and oxygen atoms in total. The molecule has 122 valence electrons. The fourth-order valence-corrected chi connectivity index (χ4v) is 4.47. The van der Waals surface area contributed by atoms with Gasteiger partial charge in [0.25, 0.3) is 0 Å². The molecular weight excluding hydrogens is 290 g/mol. The van der Waals surface area contributed by atoms with Crippen molar-refractivity contribution in [2.45, 2.75) is 38.6 Å². The highest BCUT2D eigenvalue weighted by molar-refractivity contribution is 5.92. The second-order valence-corrected chi connectivity index (χ2v) is 7.08. The third kappa shape index (κ3) is 2.94. The van der Waals surface area contributed by atoms with Crippen molar-refractivity contribution in [3.8, 4) is 11.5 Å². The first-order chi connectivity index (χ1) is 11.2. The molecule has 0 unspecified atom stereocenters. The lowest BCUT2D eigenvalue weighted by molar-refractivity contribution is -0.117. The van der Waals surface area contributed by atoms with Crippen molar-refractivity contribution in [2.24, 2.45) is 17.8 Å². The Labute approximate surface area is 136 Å². The number of carbonyl (C=O) groups excluding carboxylic acids is 1. The van der Waals surface area contributed by atoms with E-state index in [1.165, 1.54) is 25.7 Å². The average molecular weight is 313 g/mol. The van der Waals surface area contributed by atoms with E-state index in [-0.39, 0.29) is 18.7 Å². The fraction of sp³-hybridized carbons (Fsp3) is 0.526. The normalized spacial score (nSPS) is 29.2. The molecular formula is C19H23NO3. The van der Waals surface area contributed by atoms with Gasteiger partial charge in [0.2, 0.25) is 12.7 Å². The van der Waals surface area contributed by atoms with Gasteiger partial charge in [0.1, 0.15) is 0 Å². The van der Waals surface area contributed by atoms with E-state index in [9.17, 15) is 4.79 Å². The van der Waals surface area contributed by atoms with Gasteiger partial charge in [-0.15, -0.1) is 0 Å². The summed E-state index contributed by atoms with van der Waals surface area (Å²) in [6.45, 7) is 2.42. The zero-order chi connectivity index (χ0) is 15.8. The molecule has 1 heterocycles. The SMILES string of the molecule is C[C@H](NC(=O)/C=C/c1ccc2c(c1)OCO2)[C@H]1C[C@@H]2CC[C@H]1C2. The van der Waals surface area contributed by atoms with Crippen LogP contribution in [0.15, 0.2) is 24.3 Å². The Morgan fingerprint density at radius 1 is 1.26 bits per heavy atom. The molecule has 0 radical (unpaired) electrons. The van der Waals surface area contributed by atoms with E-state index in [2.05, 4.69) is 12.2 Å². The van der Waals surface area contributed by atoms with Crippen LogP contribution in [0.4, 0.5) is 0 Å². The van der Waals surface area contributed by atoms with Crippen LogP contribution in [0.1, 0.15) is 38.2 Å². The first-order valence-corrected chi connectivity index (χ1v) is 8.57. The van der Waals surface area contributed by atoms with E-state index in [0.717, 1.165) is 28.9 Å². The second-order valence-electron chi connectivity index (χ2n) is 7.08. The standard InChI is InChI=1S/C19H23NO3/c1-12(16-9-14-2-5-15(16)8-14)20-19(21)7-4-13-3-6-17-18(10-13)23-11-22-17/h3-4,6-7,10,12,14-16H,2,5,8-9,11H2,1H3,(H,20,21)/b7-4+/t12-,14+,15-,16+/m0/s1. The Bertz CT molecular complexity index is 640. The van der Waals surface area contributed by atoms with E-state index in [4.69, 9.17) is 9.47 Å². The van der Waals surface area contributed by atoms with Gasteiger partial charge in [-0.2, -0.15) is 0 Å². The Kier molecular flexibility index (Phi) is 3.76. The molecule has 0 aromatic heterocycles. The highest BCUT2D eigenvalue weighted by Gasteiger charge is 2.41. The number of nitrogens with one attached hydrogen (secondary N) is 1. The first-order valence-electron chi connectivity index (χ1n) is 8.57. The number of hydrogen-bond donors (Lipinski definition) is 1. The Morgan fingerprint density at radius 2 is 2.13 bits per heavy atom. The van der Waals surface area contributed by atoms with Gasteiger partial charge in [-0.05, 0) is 67.7 Å². The Balaban J connectivity index is 1.34. The molecule has 2 bridgehead atoms. The van der Waals surface area contributed by atoms with Crippen molar-refractivity contribution >= 4 is 12.0 Å². The summed E-state index contributed by atoms with van der Waals surface area (Å²) in [5.74, 6) is 3.88. The molecule has 2 aliphatic carbocycles. The van der Waals surface area contributed by atoms with Crippen molar-refractivity contribution in [2.75, 3.05) is 6.79 Å². The maximum atomic E-state index is 12.2. The van der Waals surface area contributed by atoms with Crippen LogP contribution < -0.4 is 14.8 Å². The first kappa shape index (κ1) is 14.6. The summed E-state index contributed by atoms with van der Waals surface area (Å²) in [5, 5.41) is 3.15. The minimum atomic E-state index is -0.0158. The van der Waals surface area contributed by atoms with Crippen LogP contribution in [0.2, 0.25) is 0 Å². The van der Waals surface area contributed by atoms with Crippen LogP contribution in [0.25, 0.3) is 6.08 Å². The van der Waals surface area contributed by atoms with E-state index in [1.54, 1.807) is 6.08 Å². The van der Waals surface area contributed by atoms with Crippen LogP contribution in [0.5, 0.6) is 11.5 Å². The van der Waals surface area contributed by atoms with Crippen LogP contribution in [-0.2, 0) is 4.79 Å². The summed E-state index contributed by atoms with van der Waals surface area (Å²) < 4.78 is 10.6. The molecule has 1 N–H and O–H groups in total. The zero-order valence-corrected chi connectivity index (χ0v) is 13.5. The molecule has 1 amide bonds. The third-order valence-corrected chi connectivity index (χ3v) is 5.63. The smallest absolute Gasteiger partial charge is 0.244 e. The lowest BCUT2D eigenvalue weighted by Gasteiger charge is -2.28. The highest BCUT2D eigenvalue weighted by atomic mass is 16.7. The molecule has 4 heteroatoms. The number of benzene rings is 1. The highest BCUT2D eigenvalue weighted by Crippen LogP contribution is 2.49. The van der Waals surface area contributed by atoms with Crippen molar-refractivity contribution in [1.82, 2.24) is 5.32 Å². The van der Waals surface area contributed by atoms with Crippen LogP contribution in [0.3, 0.4) is 0 Å². The largest absolute Gasteiger partial charge is 0.454 e. The molecule has 4 rings (SSSR count). The van der Waals surface area contributed by atoms with E-state index in [1.807, 2.05) is 24.3 Å². The number of amides is 1. The van der Waals surface area contributed by atoms with Gasteiger partial charge in [0.05, 0.1) is 0 Å². The predicted octanol–water partition coefficient (Wildman–Crippen LogP) is 3.37. The summed E-state index contributed by atoms with van der Waals surface area (Å²) in [6.07, 6.45) is 8.84. The molecule has 4 atom stereocenters. The molecule has 1 aliphatic heterocycles. The minimum Gasteiger partial charge on any atom is -0.454 e. The van der Waals surface area contributed by atoms with Gasteiger partial charge in [0, 0.05) is 12.1 Å². The van der Waals surface area contributed by atoms with Crippen molar-refractivity contribution in [3.05, 3.63) is 29.8 Å². The van der Waals surface area contributed by atoms with Crippen molar-refractivity contribution in [1.29, 1.82) is 0 Å². The molecule has 3 aliphatic rings. The summed E-state index contributed by atoms with van der Waals surface area (Å²) in [6, 6.07) is 5.96. The zero-order valence-electron chi connectivity index (χ0n) is 13.5. The van der Waals surface area contributed by atoms with Gasteiger partial charge < -0.3 is 14.8 Å². The summed E-state index contributed by atoms with van der Waals surface area (Å²) in [7, 11) is 0. The number of rotatable bonds is 4. The number of carbonyl (C=O) groups is 1. The van der Waals surface area contributed by atoms with Crippen LogP contribution in [-0.4, -0.2) is 18.7 Å². The Hall–Kier alpha value is -1.97. The van der Waals surface area contributed by atoms with Gasteiger partial charge in [-0.3, -0.25) is 4.79 Å². The third-order valence-electron chi connectivity index (χ3n) is 5.63. The van der Waals surface area contributed by atoms with Gasteiger partial charge in [0.15, 0.2) is 11.5 Å². The van der Waals surface area contributed by atoms with Gasteiger partial charge >= 0.3 is 0 Å². The van der Waals surface area contributed by atoms with Crippen LogP contribution >= 0.6 is 0 Å². The summed E-state index contributed by atoms with van der Waals surface area (Å²) in [5.41, 5.74) is 0.942. The molecule has 2 fully saturated rings.